The van der Waals surface area contributed by atoms with Crippen LogP contribution >= 0.6 is 11.3 Å². The Bertz CT molecular complexity index is 3460. The topological polar surface area (TPSA) is 19.6 Å². The monoisotopic (exact) mass is 1030 g/mol. The van der Waals surface area contributed by atoms with Gasteiger partial charge in [-0.1, -0.05) is 72.8 Å². The summed E-state index contributed by atoms with van der Waals surface area (Å²) in [7, 11) is 0. The molecule has 3 nitrogen and oxygen atoms in total. The first-order chi connectivity index (χ1) is 29.4. The van der Waals surface area contributed by atoms with Gasteiger partial charge in [0.2, 0.25) is 0 Å². The smallest absolute Gasteiger partial charge is 0.454 e. The number of rotatable bonds is 7. The predicted molar refractivity (Wildman–Crippen MR) is 256 cm³/mol. The Morgan fingerprint density at radius 2 is 1.10 bits per heavy atom. The maximum Gasteiger partial charge on any atom is 2.00 e. The fourth-order valence-corrected chi connectivity index (χ4v) is 9.90. The van der Waals surface area contributed by atoms with E-state index in [0.717, 1.165) is 67.2 Å². The fraction of sp³-hybridized carbons (Fsp3) is 0.0714. The number of furan rings is 1. The predicted octanol–water partition coefficient (Wildman–Crippen LogP) is 16.5. The molecule has 0 radical (unpaired) electrons. The van der Waals surface area contributed by atoms with Crippen molar-refractivity contribution in [2.75, 3.05) is 9.80 Å². The molecule has 0 fully saturated rings. The molecule has 0 N–H and O–H groups in total. The summed E-state index contributed by atoms with van der Waals surface area (Å²) in [5.74, 6) is 0. The Balaban J connectivity index is 0.00000445. The van der Waals surface area contributed by atoms with E-state index in [0.29, 0.717) is 0 Å². The van der Waals surface area contributed by atoms with Crippen molar-refractivity contribution in [3.63, 3.8) is 0 Å². The summed E-state index contributed by atoms with van der Waals surface area (Å²) in [6, 6.07) is 68.2. The Hall–Kier alpha value is -6.09. The number of thiophene rings is 1. The normalized spacial score (nSPS) is 11.5. The quantitative estimate of drug-likeness (QED) is 0.148. The van der Waals surface area contributed by atoms with Crippen LogP contribution in [0, 0.1) is 70.9 Å². The SMILES string of the molecule is Cc1ccc(N(c2[c-]c(-c3[c-]cccc3)ccc2)c2cc3sc4cc(N(c5ccc(C)c(C)c5)c5cccc6c5oc5ccccc56)ccc4c3c3ccccc23)cc1C.[U+2]. The van der Waals surface area contributed by atoms with Gasteiger partial charge in [0.25, 0.3) is 0 Å². The third-order valence-electron chi connectivity index (χ3n) is 12.1. The van der Waals surface area contributed by atoms with Gasteiger partial charge in [0.05, 0.1) is 11.4 Å². The first kappa shape index (κ1) is 39.1. The van der Waals surface area contributed by atoms with Gasteiger partial charge < -0.3 is 14.2 Å². The van der Waals surface area contributed by atoms with E-state index in [1.807, 2.05) is 29.5 Å². The maximum absolute atomic E-state index is 6.65. The van der Waals surface area contributed by atoms with E-state index in [1.165, 1.54) is 53.2 Å². The van der Waals surface area contributed by atoms with Crippen LogP contribution in [0.1, 0.15) is 22.3 Å². The number of anilines is 6. The minimum Gasteiger partial charge on any atom is -0.454 e. The standard InChI is InChI=1S/C56H40N2OS.U/c1-35-24-26-42(30-37(35)3)57(50-22-13-21-48-46-19-10-11-23-52(46)59-56(48)50)44-28-29-49-53(33-44)60-54-34-51(45-18-8-9-20-47(45)55(49)54)58(43-27-25-36(2)38(4)31-43)41-17-12-16-40(32-41)39-14-6-5-7-15-39;/h5-14,16-31,33-34H,1-4H3;/q-2;+2. The molecule has 0 aliphatic carbocycles. The number of para-hydroxylation sites is 2. The van der Waals surface area contributed by atoms with Crippen LogP contribution in [0.3, 0.4) is 0 Å². The zero-order valence-electron chi connectivity index (χ0n) is 34.4. The molecule has 11 aromatic rings. The molecule has 0 aliphatic rings. The van der Waals surface area contributed by atoms with Crippen LogP contribution in [0.2, 0.25) is 0 Å². The van der Waals surface area contributed by atoms with Crippen LogP contribution in [0.25, 0.3) is 64.0 Å². The molecule has 0 atom stereocenters. The van der Waals surface area contributed by atoms with Crippen molar-refractivity contribution >= 4 is 98.3 Å². The van der Waals surface area contributed by atoms with Crippen LogP contribution in [0.5, 0.6) is 0 Å². The van der Waals surface area contributed by atoms with E-state index in [2.05, 4.69) is 201 Å². The van der Waals surface area contributed by atoms with E-state index in [9.17, 15) is 0 Å². The second-order valence-electron chi connectivity index (χ2n) is 15.8. The number of hydrogen-bond acceptors (Lipinski definition) is 4. The van der Waals surface area contributed by atoms with Crippen molar-refractivity contribution in [3.8, 4) is 11.1 Å². The molecule has 0 unspecified atom stereocenters. The Kier molecular flexibility index (Phi) is 10.1. The molecule has 0 spiro atoms. The molecular formula is C56H40N2OSU. The molecule has 9 aromatic carbocycles. The summed E-state index contributed by atoms with van der Waals surface area (Å²) < 4.78 is 9.11. The molecule has 0 amide bonds. The van der Waals surface area contributed by atoms with E-state index in [-0.39, 0.29) is 31.1 Å². The second kappa shape index (κ2) is 15.7. The van der Waals surface area contributed by atoms with E-state index in [4.69, 9.17) is 4.42 Å². The van der Waals surface area contributed by atoms with Crippen LogP contribution in [0.15, 0.2) is 174 Å². The average Bonchev–Trinajstić information content (AvgIpc) is 3.85. The van der Waals surface area contributed by atoms with Crippen LogP contribution in [-0.2, 0) is 0 Å². The molecular weight excluding hydrogens is 987 g/mol. The molecule has 0 saturated carbocycles. The molecule has 290 valence electrons. The Morgan fingerprint density at radius 3 is 1.85 bits per heavy atom. The van der Waals surface area contributed by atoms with Gasteiger partial charge >= 0.3 is 31.1 Å². The number of benzene rings is 9. The molecule has 0 saturated heterocycles. The number of fused-ring (bicyclic) bond motifs is 8. The van der Waals surface area contributed by atoms with Crippen molar-refractivity contribution in [2.45, 2.75) is 27.7 Å². The summed E-state index contributed by atoms with van der Waals surface area (Å²) in [5, 5.41) is 7.16. The van der Waals surface area contributed by atoms with Gasteiger partial charge in [0, 0.05) is 53.4 Å². The zero-order valence-corrected chi connectivity index (χ0v) is 39.4. The minimum atomic E-state index is 0. The van der Waals surface area contributed by atoms with Crippen molar-refractivity contribution in [1.82, 2.24) is 0 Å². The second-order valence-corrected chi connectivity index (χ2v) is 16.9. The third-order valence-corrected chi connectivity index (χ3v) is 13.2. The number of aryl methyl sites for hydroxylation is 4. The third kappa shape index (κ3) is 6.73. The van der Waals surface area contributed by atoms with Crippen molar-refractivity contribution in [3.05, 3.63) is 204 Å². The molecule has 61 heavy (non-hydrogen) atoms. The molecule has 2 aromatic heterocycles. The minimum absolute atomic E-state index is 0. The van der Waals surface area contributed by atoms with E-state index >= 15 is 0 Å². The van der Waals surface area contributed by atoms with Crippen molar-refractivity contribution in [1.29, 1.82) is 0 Å². The van der Waals surface area contributed by atoms with E-state index < -0.39 is 0 Å². The van der Waals surface area contributed by atoms with Crippen LogP contribution < -0.4 is 9.80 Å². The number of hydrogen-bond donors (Lipinski definition) is 0. The van der Waals surface area contributed by atoms with Crippen molar-refractivity contribution < 1.29 is 35.5 Å². The molecule has 5 heteroatoms. The molecule has 2 heterocycles. The Labute approximate surface area is 383 Å². The summed E-state index contributed by atoms with van der Waals surface area (Å²) in [5.41, 5.74) is 15.2. The van der Waals surface area contributed by atoms with Gasteiger partial charge in [-0.3, -0.25) is 0 Å². The molecule has 0 bridgehead atoms. The summed E-state index contributed by atoms with van der Waals surface area (Å²) in [6.07, 6.45) is 0. The number of nitrogens with zero attached hydrogens (tertiary/aromatic N) is 2. The molecule has 0 aliphatic heterocycles. The maximum atomic E-state index is 6.65. The van der Waals surface area contributed by atoms with Gasteiger partial charge in [-0.25, -0.2) is 11.1 Å². The van der Waals surface area contributed by atoms with E-state index in [1.54, 1.807) is 0 Å². The largest absolute Gasteiger partial charge is 2.00 e. The van der Waals surface area contributed by atoms with Gasteiger partial charge in [-0.2, -0.15) is 42.5 Å². The van der Waals surface area contributed by atoms with Crippen LogP contribution in [0.4, 0.5) is 34.1 Å². The fourth-order valence-electron chi connectivity index (χ4n) is 8.71. The molecule has 11 rings (SSSR count). The van der Waals surface area contributed by atoms with Gasteiger partial charge in [0.1, 0.15) is 5.58 Å². The summed E-state index contributed by atoms with van der Waals surface area (Å²) >= 11 is 1.85. The van der Waals surface area contributed by atoms with Crippen LogP contribution in [-0.4, -0.2) is 0 Å². The van der Waals surface area contributed by atoms with Gasteiger partial charge in [0.15, 0.2) is 5.58 Å². The first-order valence-electron chi connectivity index (χ1n) is 20.4. The first-order valence-corrected chi connectivity index (χ1v) is 21.2. The van der Waals surface area contributed by atoms with Crippen molar-refractivity contribution in [2.24, 2.45) is 0 Å². The van der Waals surface area contributed by atoms with Gasteiger partial charge in [-0.05, 0) is 116 Å². The van der Waals surface area contributed by atoms with Gasteiger partial charge in [-0.15, -0.1) is 23.5 Å². The zero-order chi connectivity index (χ0) is 40.5. The Morgan fingerprint density at radius 1 is 0.459 bits per heavy atom. The summed E-state index contributed by atoms with van der Waals surface area (Å²) in [6.45, 7) is 8.72. The average molecular weight is 1030 g/mol. The summed E-state index contributed by atoms with van der Waals surface area (Å²) in [4.78, 5) is 4.74.